The molecule has 0 radical (unpaired) electrons. The van der Waals surface area contributed by atoms with Crippen molar-refractivity contribution in [1.82, 2.24) is 9.21 Å². The molecule has 21 heavy (non-hydrogen) atoms. The predicted octanol–water partition coefficient (Wildman–Crippen LogP) is 0.376. The van der Waals surface area contributed by atoms with Crippen molar-refractivity contribution in [3.05, 3.63) is 29.3 Å². The van der Waals surface area contributed by atoms with Gasteiger partial charge in [0.05, 0.1) is 4.90 Å². The largest absolute Gasteiger partial charge is 0.479 e. The fourth-order valence-corrected chi connectivity index (χ4v) is 3.32. The van der Waals surface area contributed by atoms with Gasteiger partial charge in [-0.3, -0.25) is 4.79 Å². The van der Waals surface area contributed by atoms with Gasteiger partial charge in [0.2, 0.25) is 6.04 Å². The van der Waals surface area contributed by atoms with Crippen LogP contribution in [0.3, 0.4) is 0 Å². The van der Waals surface area contributed by atoms with Gasteiger partial charge in [-0.25, -0.2) is 18.0 Å². The summed E-state index contributed by atoms with van der Waals surface area (Å²) in [6.45, 7) is 0. The molecule has 1 saturated heterocycles. The van der Waals surface area contributed by atoms with Gasteiger partial charge < -0.3 is 10.0 Å². The Morgan fingerprint density at radius 1 is 1.24 bits per heavy atom. The average Bonchev–Trinajstić information content (AvgIpc) is 2.61. The highest BCUT2D eigenvalue weighted by atomic mass is 35.5. The molecule has 1 aromatic rings. The van der Waals surface area contributed by atoms with Crippen LogP contribution in [0.15, 0.2) is 29.2 Å². The van der Waals surface area contributed by atoms with Crippen LogP contribution in [0.25, 0.3) is 0 Å². The lowest BCUT2D eigenvalue weighted by molar-refractivity contribution is -0.145. The number of hydrogen-bond donors (Lipinski definition) is 1. The number of halogens is 1. The summed E-state index contributed by atoms with van der Waals surface area (Å²) in [6, 6.07) is 1.70. The maximum atomic E-state index is 12.3. The maximum Gasteiger partial charge on any atom is 0.342 e. The minimum atomic E-state index is -4.48. The molecule has 10 heteroatoms. The van der Waals surface area contributed by atoms with E-state index >= 15 is 0 Å². The van der Waals surface area contributed by atoms with E-state index in [4.69, 9.17) is 16.7 Å². The molecule has 0 aliphatic carbocycles. The zero-order valence-electron chi connectivity index (χ0n) is 10.6. The number of benzene rings is 1. The second-order valence-electron chi connectivity index (χ2n) is 4.20. The lowest BCUT2D eigenvalue weighted by Crippen LogP contribution is -2.39. The van der Waals surface area contributed by atoms with Gasteiger partial charge in [-0.2, -0.15) is 0 Å². The molecule has 1 aliphatic rings. The van der Waals surface area contributed by atoms with Crippen LogP contribution in [-0.4, -0.2) is 53.7 Å². The second kappa shape index (κ2) is 5.01. The zero-order valence-corrected chi connectivity index (χ0v) is 12.1. The predicted molar refractivity (Wildman–Crippen MR) is 70.1 cm³/mol. The number of carbonyl (C=O) groups excluding carboxylic acids is 2. The lowest BCUT2D eigenvalue weighted by Gasteiger charge is -2.14. The van der Waals surface area contributed by atoms with Crippen LogP contribution in [0.2, 0.25) is 5.02 Å². The summed E-state index contributed by atoms with van der Waals surface area (Å²) < 4.78 is 24.6. The van der Waals surface area contributed by atoms with Crippen molar-refractivity contribution < 1.29 is 27.9 Å². The number of nitrogens with zero attached hydrogens (tertiary/aromatic N) is 2. The zero-order chi connectivity index (χ0) is 15.9. The number of imide groups is 1. The average molecular weight is 333 g/mol. The number of hydrogen-bond acceptors (Lipinski definition) is 5. The third-order valence-corrected chi connectivity index (χ3v) is 4.82. The number of carboxylic acid groups (broad SMARTS) is 1. The van der Waals surface area contributed by atoms with Crippen molar-refractivity contribution in [3.8, 4) is 0 Å². The van der Waals surface area contributed by atoms with E-state index in [2.05, 4.69) is 0 Å². The van der Waals surface area contributed by atoms with Gasteiger partial charge in [0.1, 0.15) is 0 Å². The van der Waals surface area contributed by atoms with E-state index in [0.29, 0.717) is 4.90 Å². The van der Waals surface area contributed by atoms with Gasteiger partial charge >= 0.3 is 12.0 Å². The van der Waals surface area contributed by atoms with Crippen molar-refractivity contribution in [2.75, 3.05) is 7.05 Å². The van der Waals surface area contributed by atoms with E-state index < -0.39 is 34.0 Å². The Kier molecular flexibility index (Phi) is 3.64. The highest BCUT2D eigenvalue weighted by molar-refractivity contribution is 7.90. The summed E-state index contributed by atoms with van der Waals surface area (Å²) in [6.07, 6.45) is 0. The van der Waals surface area contributed by atoms with E-state index in [0.717, 1.165) is 19.2 Å². The molecule has 1 heterocycles. The second-order valence-corrected chi connectivity index (χ2v) is 6.42. The molecular weight excluding hydrogens is 324 g/mol. The summed E-state index contributed by atoms with van der Waals surface area (Å²) in [5.74, 6) is -2.94. The molecule has 0 unspecified atom stereocenters. The number of urea groups is 1. The highest BCUT2D eigenvalue weighted by Gasteiger charge is 2.53. The summed E-state index contributed by atoms with van der Waals surface area (Å²) in [7, 11) is -3.44. The number of sulfonamides is 1. The van der Waals surface area contributed by atoms with Crippen LogP contribution >= 0.6 is 11.6 Å². The van der Waals surface area contributed by atoms with Gasteiger partial charge in [0.15, 0.2) is 0 Å². The first-order chi connectivity index (χ1) is 9.67. The summed E-state index contributed by atoms with van der Waals surface area (Å²) in [5, 5.41) is 9.18. The molecule has 0 spiro atoms. The van der Waals surface area contributed by atoms with Gasteiger partial charge in [-0.1, -0.05) is 11.6 Å². The number of rotatable bonds is 3. The van der Waals surface area contributed by atoms with Gasteiger partial charge in [-0.05, 0) is 24.3 Å². The Morgan fingerprint density at radius 3 is 2.19 bits per heavy atom. The SMILES string of the molecule is CN1C(=O)N(S(=O)(=O)c2ccc(Cl)cc2)C(=O)[C@H]1C(=O)O. The maximum absolute atomic E-state index is 12.3. The highest BCUT2D eigenvalue weighted by Crippen LogP contribution is 2.25. The molecule has 1 aromatic carbocycles. The first-order valence-electron chi connectivity index (χ1n) is 5.52. The standard InChI is InChI=1S/C11H9ClN2O6S/c1-13-8(10(16)17)9(15)14(11(13)18)21(19,20)7-4-2-6(12)3-5-7/h2-5,8H,1H3,(H,16,17)/t8-/m0/s1. The molecule has 3 amide bonds. The third kappa shape index (κ3) is 2.34. The molecular formula is C11H9ClN2O6S. The fraction of sp³-hybridized carbons (Fsp3) is 0.182. The molecule has 0 saturated carbocycles. The molecule has 1 atom stereocenters. The summed E-state index contributed by atoms with van der Waals surface area (Å²) in [4.78, 5) is 35.0. The molecule has 8 nitrogen and oxygen atoms in total. The Labute approximate surface area is 124 Å². The van der Waals surface area contributed by atoms with E-state index in [1.54, 1.807) is 0 Å². The van der Waals surface area contributed by atoms with Crippen LogP contribution in [-0.2, 0) is 19.6 Å². The summed E-state index contributed by atoms with van der Waals surface area (Å²) >= 11 is 5.64. The third-order valence-electron chi connectivity index (χ3n) is 2.88. The van der Waals surface area contributed by atoms with E-state index in [1.165, 1.54) is 12.1 Å². The van der Waals surface area contributed by atoms with E-state index in [9.17, 15) is 22.8 Å². The van der Waals surface area contributed by atoms with Crippen molar-refractivity contribution in [1.29, 1.82) is 0 Å². The first-order valence-corrected chi connectivity index (χ1v) is 7.34. The first kappa shape index (κ1) is 15.3. The topological polar surface area (TPSA) is 112 Å². The Bertz CT molecular complexity index is 730. The van der Waals surface area contributed by atoms with E-state index in [-0.39, 0.29) is 14.2 Å². The van der Waals surface area contributed by atoms with Crippen LogP contribution in [0.4, 0.5) is 4.79 Å². The van der Waals surface area contributed by atoms with Crippen LogP contribution in [0.5, 0.6) is 0 Å². The Hall–Kier alpha value is -2.13. The fourth-order valence-electron chi connectivity index (χ4n) is 1.83. The molecule has 1 aliphatic heterocycles. The minimum absolute atomic E-state index is 0.0466. The minimum Gasteiger partial charge on any atom is -0.479 e. The molecule has 2 rings (SSSR count). The van der Waals surface area contributed by atoms with Crippen molar-refractivity contribution in [2.45, 2.75) is 10.9 Å². The van der Waals surface area contributed by atoms with Crippen molar-refractivity contribution in [3.63, 3.8) is 0 Å². The van der Waals surface area contributed by atoms with Gasteiger partial charge in [0, 0.05) is 12.1 Å². The Morgan fingerprint density at radius 2 is 1.76 bits per heavy atom. The number of amides is 3. The van der Waals surface area contributed by atoms with Crippen molar-refractivity contribution >= 4 is 39.5 Å². The van der Waals surface area contributed by atoms with Crippen LogP contribution in [0, 0.1) is 0 Å². The Balaban J connectivity index is 2.50. The number of carboxylic acids is 1. The van der Waals surface area contributed by atoms with E-state index in [1.807, 2.05) is 0 Å². The molecule has 112 valence electrons. The number of likely N-dealkylation sites (N-methyl/N-ethyl adjacent to an activating group) is 1. The lowest BCUT2D eigenvalue weighted by atomic mass is 10.3. The number of aliphatic carboxylic acids is 1. The molecule has 0 aromatic heterocycles. The molecule has 1 N–H and O–H groups in total. The van der Waals surface area contributed by atoms with Gasteiger partial charge in [0.25, 0.3) is 15.9 Å². The molecule has 0 bridgehead atoms. The molecule has 1 fully saturated rings. The smallest absolute Gasteiger partial charge is 0.342 e. The normalized spacial score (nSPS) is 19.2. The summed E-state index contributed by atoms with van der Waals surface area (Å²) in [5.41, 5.74) is 0. The number of carbonyl (C=O) groups is 3. The monoisotopic (exact) mass is 332 g/mol. The van der Waals surface area contributed by atoms with Gasteiger partial charge in [-0.15, -0.1) is 4.31 Å². The van der Waals surface area contributed by atoms with Crippen molar-refractivity contribution in [2.24, 2.45) is 0 Å². The van der Waals surface area contributed by atoms with Crippen LogP contribution in [0.1, 0.15) is 0 Å². The van der Waals surface area contributed by atoms with Crippen LogP contribution < -0.4 is 0 Å². The quantitative estimate of drug-likeness (QED) is 0.632.